The molecule has 0 aromatic heterocycles. The molecule has 2 aromatic rings. The zero-order valence-corrected chi connectivity index (χ0v) is 28.3. The van der Waals surface area contributed by atoms with Crippen LogP contribution in [0.25, 0.3) is 0 Å². The quantitative estimate of drug-likeness (QED) is 0.274. The molecule has 9 heteroatoms. The van der Waals surface area contributed by atoms with Crippen LogP contribution in [0.1, 0.15) is 47.0 Å². The maximum atomic E-state index is 15.0. The van der Waals surface area contributed by atoms with Gasteiger partial charge in [-0.2, -0.15) is 0 Å². The molecule has 0 aliphatic carbocycles. The Balaban J connectivity index is 1.59. The molecule has 2 unspecified atom stereocenters. The molecule has 3 fully saturated rings. The van der Waals surface area contributed by atoms with Gasteiger partial charge in [-0.25, -0.2) is 0 Å². The lowest BCUT2D eigenvalue weighted by Crippen LogP contribution is -2.60. The molecule has 0 radical (unpaired) electrons. The van der Waals surface area contributed by atoms with Crippen molar-refractivity contribution in [1.29, 1.82) is 0 Å². The minimum absolute atomic E-state index is 0.0939. The first-order valence-corrected chi connectivity index (χ1v) is 17.1. The van der Waals surface area contributed by atoms with E-state index in [2.05, 4.69) is 31.9 Å². The minimum Gasteiger partial charge on any atom is -0.394 e. The van der Waals surface area contributed by atoms with Crippen LogP contribution in [0.15, 0.2) is 79.9 Å². The van der Waals surface area contributed by atoms with Crippen LogP contribution >= 0.6 is 0 Å². The molecule has 3 amide bonds. The van der Waals surface area contributed by atoms with Gasteiger partial charge in [0.15, 0.2) is 0 Å². The number of hydrogen-bond acceptors (Lipinski definition) is 6. The maximum absolute atomic E-state index is 15.0. The number of hydrogen-bond donors (Lipinski definition) is 1. The van der Waals surface area contributed by atoms with E-state index in [0.717, 1.165) is 18.8 Å². The molecule has 3 saturated heterocycles. The summed E-state index contributed by atoms with van der Waals surface area (Å²) in [5.74, 6) is -2.53. The lowest BCUT2D eigenvalue weighted by atomic mass is 9.70. The Morgan fingerprint density at radius 3 is 2.09 bits per heavy atom. The fraction of sp³-hybridized carbons (Fsp3) is 0.500. The number of para-hydroxylation sites is 1. The first kappa shape index (κ1) is 34.4. The van der Waals surface area contributed by atoms with Gasteiger partial charge in [-0.3, -0.25) is 14.4 Å². The number of rotatable bonds is 15. The summed E-state index contributed by atoms with van der Waals surface area (Å²) in [6.45, 7) is 17.9. The van der Waals surface area contributed by atoms with Crippen molar-refractivity contribution >= 4 is 34.8 Å². The summed E-state index contributed by atoms with van der Waals surface area (Å²) in [5.41, 5.74) is 1.25. The van der Waals surface area contributed by atoms with Crippen LogP contribution in [-0.2, 0) is 19.1 Å². The van der Waals surface area contributed by atoms with E-state index in [9.17, 15) is 14.7 Å². The van der Waals surface area contributed by atoms with Crippen LogP contribution in [0.4, 0.5) is 17.1 Å². The highest BCUT2D eigenvalue weighted by Crippen LogP contribution is 2.59. The number of nitrogens with zero attached hydrogens (tertiary/aromatic N) is 4. The van der Waals surface area contributed by atoms with E-state index in [4.69, 9.17) is 4.74 Å². The van der Waals surface area contributed by atoms with Gasteiger partial charge in [-0.1, -0.05) is 50.6 Å². The third-order valence-electron chi connectivity index (χ3n) is 10.6. The first-order valence-electron chi connectivity index (χ1n) is 17.1. The molecule has 5 rings (SSSR count). The maximum Gasteiger partial charge on any atom is 0.253 e. The molecule has 7 atom stereocenters. The van der Waals surface area contributed by atoms with Crippen molar-refractivity contribution in [2.45, 2.75) is 70.7 Å². The van der Waals surface area contributed by atoms with Crippen LogP contribution in [0.5, 0.6) is 0 Å². The lowest BCUT2D eigenvalue weighted by Gasteiger charge is -2.41. The minimum atomic E-state index is -1.20. The van der Waals surface area contributed by atoms with Gasteiger partial charge in [0.1, 0.15) is 11.6 Å². The number of aliphatic hydroxyl groups excluding tert-OH is 1. The van der Waals surface area contributed by atoms with E-state index in [-0.39, 0.29) is 43.3 Å². The topological polar surface area (TPSA) is 93.6 Å². The van der Waals surface area contributed by atoms with E-state index in [1.807, 2.05) is 68.4 Å². The lowest BCUT2D eigenvalue weighted by molar-refractivity contribution is -0.145. The molecule has 9 nitrogen and oxygen atoms in total. The number of aliphatic hydroxyl groups is 1. The summed E-state index contributed by atoms with van der Waals surface area (Å²) < 4.78 is 6.77. The Labute approximate surface area is 279 Å². The second-order valence-electron chi connectivity index (χ2n) is 12.9. The number of anilines is 3. The van der Waals surface area contributed by atoms with Crippen LogP contribution in [0, 0.1) is 17.8 Å². The molecule has 1 spiro atoms. The number of likely N-dealkylation sites (tertiary alicyclic amines) is 1. The Bertz CT molecular complexity index is 1440. The molecule has 0 saturated carbocycles. The number of benzene rings is 2. The SMILES string of the molecule is C=CCN(C(=O)C1N([C@@H](CO)[C@@H](C)CC)C(=O)[C@@H]2[C@H](C(=O)N(CC=C)c3ccccc3)[C@@H]3CCC12O3)c1ccc(N(CC)CC)cc1. The van der Waals surface area contributed by atoms with Crippen molar-refractivity contribution in [3.8, 4) is 0 Å². The second-order valence-corrected chi connectivity index (χ2v) is 12.9. The third kappa shape index (κ3) is 5.89. The van der Waals surface area contributed by atoms with Gasteiger partial charge in [0.2, 0.25) is 11.8 Å². The first-order chi connectivity index (χ1) is 22.7. The largest absolute Gasteiger partial charge is 0.394 e. The van der Waals surface area contributed by atoms with Crippen molar-refractivity contribution < 1.29 is 24.2 Å². The molecule has 2 aromatic carbocycles. The summed E-state index contributed by atoms with van der Waals surface area (Å²) >= 11 is 0. The van der Waals surface area contributed by atoms with Crippen LogP contribution in [-0.4, -0.2) is 84.3 Å². The van der Waals surface area contributed by atoms with Gasteiger partial charge in [0, 0.05) is 43.2 Å². The second kappa shape index (κ2) is 14.4. The Morgan fingerprint density at radius 1 is 0.957 bits per heavy atom. The van der Waals surface area contributed by atoms with Crippen molar-refractivity contribution in [3.05, 3.63) is 79.9 Å². The predicted octanol–water partition coefficient (Wildman–Crippen LogP) is 5.05. The molecule has 3 heterocycles. The molecule has 252 valence electrons. The molecule has 1 N–H and O–H groups in total. The Kier molecular flexibility index (Phi) is 10.6. The number of ether oxygens (including phenoxy) is 1. The summed E-state index contributed by atoms with van der Waals surface area (Å²) in [6, 6.07) is 15.6. The van der Waals surface area contributed by atoms with Crippen LogP contribution < -0.4 is 14.7 Å². The van der Waals surface area contributed by atoms with Crippen molar-refractivity contribution in [1.82, 2.24) is 4.90 Å². The zero-order chi connectivity index (χ0) is 33.9. The number of fused-ring (bicyclic) bond motifs is 1. The highest BCUT2D eigenvalue weighted by molar-refractivity contribution is 6.06. The van der Waals surface area contributed by atoms with E-state index < -0.39 is 35.6 Å². The van der Waals surface area contributed by atoms with E-state index in [1.54, 1.807) is 26.9 Å². The summed E-state index contributed by atoms with van der Waals surface area (Å²) in [6.07, 6.45) is 4.58. The van der Waals surface area contributed by atoms with E-state index >= 15 is 4.79 Å². The summed E-state index contributed by atoms with van der Waals surface area (Å²) in [4.78, 5) is 51.4. The van der Waals surface area contributed by atoms with E-state index in [1.165, 1.54) is 0 Å². The van der Waals surface area contributed by atoms with Crippen molar-refractivity contribution in [3.63, 3.8) is 0 Å². The molecule has 3 aliphatic heterocycles. The molecular weight excluding hydrogens is 592 g/mol. The molecule has 3 aliphatic rings. The average Bonchev–Trinajstić information content (AvgIpc) is 3.74. The smallest absolute Gasteiger partial charge is 0.253 e. The fourth-order valence-corrected chi connectivity index (χ4v) is 8.09. The standard InChI is InChI=1S/C38H50N4O5/c1-7-23-40(28-15-13-12-14-16-28)35(44)32-31-21-22-38(47-31)33(32)36(45)42(30(25-43)26(6)9-3)34(38)37(46)41(24-8-2)29-19-17-27(18-20-29)39(10-4)11-5/h7-8,12-20,26,30-34,43H,1-2,9-11,21-25H2,3-6H3/t26-,30-,31-,32+,33-,34?,38?/m0/s1. The normalized spacial score (nSPS) is 25.6. The average molecular weight is 643 g/mol. The molecule has 2 bridgehead atoms. The van der Waals surface area contributed by atoms with Gasteiger partial charge in [-0.05, 0) is 69.0 Å². The molecular formula is C38H50N4O5. The van der Waals surface area contributed by atoms with Gasteiger partial charge in [-0.15, -0.1) is 13.2 Å². The Morgan fingerprint density at radius 2 is 1.53 bits per heavy atom. The highest BCUT2D eigenvalue weighted by atomic mass is 16.5. The highest BCUT2D eigenvalue weighted by Gasteiger charge is 2.75. The summed E-state index contributed by atoms with van der Waals surface area (Å²) in [5, 5.41) is 10.7. The number of carbonyl (C=O) groups excluding carboxylic acids is 3. The van der Waals surface area contributed by atoms with Crippen molar-refractivity contribution in [2.75, 3.05) is 47.5 Å². The predicted molar refractivity (Wildman–Crippen MR) is 186 cm³/mol. The monoisotopic (exact) mass is 642 g/mol. The number of amides is 3. The van der Waals surface area contributed by atoms with Gasteiger partial charge < -0.3 is 29.4 Å². The van der Waals surface area contributed by atoms with Crippen LogP contribution in [0.3, 0.4) is 0 Å². The van der Waals surface area contributed by atoms with Crippen molar-refractivity contribution in [2.24, 2.45) is 17.8 Å². The molecule has 47 heavy (non-hydrogen) atoms. The zero-order valence-electron chi connectivity index (χ0n) is 28.3. The summed E-state index contributed by atoms with van der Waals surface area (Å²) in [7, 11) is 0. The number of carbonyl (C=O) groups is 3. The van der Waals surface area contributed by atoms with Gasteiger partial charge >= 0.3 is 0 Å². The van der Waals surface area contributed by atoms with Crippen LogP contribution in [0.2, 0.25) is 0 Å². The Hall–Kier alpha value is -3.95. The fourth-order valence-electron chi connectivity index (χ4n) is 8.09. The van der Waals surface area contributed by atoms with Gasteiger partial charge in [0.05, 0.1) is 30.6 Å². The van der Waals surface area contributed by atoms with Gasteiger partial charge in [0.25, 0.3) is 5.91 Å². The third-order valence-corrected chi connectivity index (χ3v) is 10.6. The van der Waals surface area contributed by atoms with E-state index in [0.29, 0.717) is 30.6 Å².